The second-order valence-corrected chi connectivity index (χ2v) is 22.1. The summed E-state index contributed by atoms with van der Waals surface area (Å²) in [6.45, 7) is 22.3. The van der Waals surface area contributed by atoms with Crippen molar-refractivity contribution in [1.29, 1.82) is 0 Å². The number of hydrogen-bond donors (Lipinski definition) is 0. The highest BCUT2D eigenvalue weighted by molar-refractivity contribution is 6.89. The Bertz CT molecular complexity index is 730. The Morgan fingerprint density at radius 2 is 1.46 bits per heavy atom. The molecule has 8 nitrogen and oxygen atoms in total. The molecule has 0 aromatic heterocycles. The second kappa shape index (κ2) is 13.6. The molecule has 0 aromatic carbocycles. The highest BCUT2D eigenvalue weighted by atomic mass is 28.3. The van der Waals surface area contributed by atoms with Gasteiger partial charge in [-0.25, -0.2) is 9.69 Å². The van der Waals surface area contributed by atoms with Crippen LogP contribution < -0.4 is 0 Å². The first-order chi connectivity index (χ1) is 16.0. The van der Waals surface area contributed by atoms with Crippen LogP contribution in [0.25, 0.3) is 0 Å². The van der Waals surface area contributed by atoms with Gasteiger partial charge in [-0.1, -0.05) is 73.8 Å². The van der Waals surface area contributed by atoms with Crippen molar-refractivity contribution in [2.24, 2.45) is 0 Å². The molecular weight excluding hydrogens is 480 g/mol. The molecule has 35 heavy (non-hydrogen) atoms. The lowest BCUT2D eigenvalue weighted by molar-refractivity contribution is -0.154. The summed E-state index contributed by atoms with van der Waals surface area (Å²) in [5, 5.41) is -1.98. The Morgan fingerprint density at radius 3 is 1.86 bits per heavy atom. The van der Waals surface area contributed by atoms with Crippen LogP contribution in [0.2, 0.25) is 42.8 Å². The van der Waals surface area contributed by atoms with Crippen LogP contribution >= 0.6 is 0 Å². The molecule has 0 aliphatic carbocycles. The van der Waals surface area contributed by atoms with Gasteiger partial charge in [0.05, 0.1) is 21.3 Å². The molecule has 0 heterocycles. The summed E-state index contributed by atoms with van der Waals surface area (Å²) in [6.07, 6.45) is 3.33. The van der Waals surface area contributed by atoms with Gasteiger partial charge in [0.2, 0.25) is 5.91 Å². The van der Waals surface area contributed by atoms with E-state index < -0.39 is 44.4 Å². The van der Waals surface area contributed by atoms with Crippen molar-refractivity contribution >= 4 is 40.7 Å². The quantitative estimate of drug-likeness (QED) is 0.126. The average Bonchev–Trinajstić information content (AvgIpc) is 2.73. The number of rotatable bonds is 14. The number of carbonyl (C=O) groups is 3. The van der Waals surface area contributed by atoms with Crippen molar-refractivity contribution in [3.63, 3.8) is 0 Å². The lowest BCUT2D eigenvalue weighted by Gasteiger charge is -2.51. The van der Waals surface area contributed by atoms with Gasteiger partial charge in [-0.3, -0.25) is 14.4 Å². The SMILES string of the molecule is CCCCN(C(=O)OCCC)C(=O)C(CCN([C]=O)[Si](C)(C)C)(C(=O)OCC)[Si](C)(C)C(C)(C)C. The van der Waals surface area contributed by atoms with E-state index in [4.69, 9.17) is 9.47 Å². The van der Waals surface area contributed by atoms with Gasteiger partial charge in [0.25, 0.3) is 0 Å². The lowest BCUT2D eigenvalue weighted by atomic mass is 10.0. The van der Waals surface area contributed by atoms with E-state index in [0.29, 0.717) is 12.8 Å². The second-order valence-electron chi connectivity index (χ2n) is 11.6. The van der Waals surface area contributed by atoms with Crippen LogP contribution in [-0.4, -0.2) is 76.5 Å². The van der Waals surface area contributed by atoms with Crippen molar-refractivity contribution in [2.75, 3.05) is 26.3 Å². The number of esters is 1. The molecule has 1 unspecified atom stereocenters. The summed E-state index contributed by atoms with van der Waals surface area (Å²) >= 11 is 0. The number of imide groups is 1. The van der Waals surface area contributed by atoms with E-state index in [9.17, 15) is 19.2 Å². The van der Waals surface area contributed by atoms with Crippen molar-refractivity contribution in [3.8, 4) is 0 Å². The summed E-state index contributed by atoms with van der Waals surface area (Å²) in [5.41, 5.74) is 0. The van der Waals surface area contributed by atoms with Crippen LogP contribution in [0.1, 0.15) is 67.2 Å². The Morgan fingerprint density at radius 1 is 0.886 bits per heavy atom. The molecule has 1 radical (unpaired) electrons. The third-order valence-corrected chi connectivity index (χ3v) is 15.7. The maximum atomic E-state index is 14.5. The summed E-state index contributed by atoms with van der Waals surface area (Å²) in [5.74, 6) is -1.19. The molecule has 1 atom stereocenters. The van der Waals surface area contributed by atoms with Crippen LogP contribution in [-0.2, 0) is 23.9 Å². The van der Waals surface area contributed by atoms with Gasteiger partial charge < -0.3 is 14.0 Å². The van der Waals surface area contributed by atoms with Crippen molar-refractivity contribution in [1.82, 2.24) is 9.47 Å². The van der Waals surface area contributed by atoms with E-state index in [1.807, 2.05) is 73.8 Å². The fraction of sp³-hybridized carbons (Fsp3) is 0.840. The number of amides is 3. The van der Waals surface area contributed by atoms with E-state index in [2.05, 4.69) is 0 Å². The Labute approximate surface area is 215 Å². The first kappa shape index (κ1) is 33.3. The van der Waals surface area contributed by atoms with Crippen molar-refractivity contribution < 1.29 is 28.7 Å². The largest absolute Gasteiger partial charge is 0.465 e. The smallest absolute Gasteiger partial charge is 0.416 e. The van der Waals surface area contributed by atoms with Gasteiger partial charge >= 0.3 is 18.5 Å². The highest BCUT2D eigenvalue weighted by Gasteiger charge is 2.64. The first-order valence-corrected chi connectivity index (χ1v) is 19.3. The molecule has 0 rings (SSSR count). The van der Waals surface area contributed by atoms with Crippen LogP contribution in [0.15, 0.2) is 0 Å². The molecular formula is C25H49N2O6Si2. The minimum Gasteiger partial charge on any atom is -0.465 e. The molecule has 0 saturated carbocycles. The number of nitrogens with zero attached hydrogens (tertiary/aromatic N) is 2. The predicted octanol–water partition coefficient (Wildman–Crippen LogP) is 5.57. The van der Waals surface area contributed by atoms with E-state index in [0.717, 1.165) is 11.3 Å². The van der Waals surface area contributed by atoms with Crippen molar-refractivity contribution in [2.45, 2.75) is 110 Å². The third kappa shape index (κ3) is 7.90. The maximum Gasteiger partial charge on any atom is 0.416 e. The molecule has 0 aliphatic rings. The number of ether oxygens (including phenoxy) is 2. The van der Waals surface area contributed by atoms with Gasteiger partial charge in [0.15, 0.2) is 8.24 Å². The van der Waals surface area contributed by atoms with E-state index in [1.165, 1.54) is 0 Å². The normalized spacial score (nSPS) is 14.0. The predicted molar refractivity (Wildman–Crippen MR) is 145 cm³/mol. The molecule has 3 amide bonds. The minimum absolute atomic E-state index is 0.0738. The van der Waals surface area contributed by atoms with E-state index >= 15 is 0 Å². The van der Waals surface area contributed by atoms with Crippen molar-refractivity contribution in [3.05, 3.63) is 0 Å². The van der Waals surface area contributed by atoms with Gasteiger partial charge in [-0.05, 0) is 31.2 Å². The number of carbonyl (C=O) groups excluding carboxylic acids is 4. The van der Waals surface area contributed by atoms with Crippen LogP contribution in [0.4, 0.5) is 4.79 Å². The standard InChI is InChI=1S/C25H49N2O6Si2/c1-12-15-17-27(23(31)33-19-13-2)21(29)25(22(30)32-14-3,35(10,11)24(4,5)6)16-18-26(20-28)34(7,8)9/h12-19H2,1-11H3. The zero-order chi connectivity index (χ0) is 27.7. The lowest BCUT2D eigenvalue weighted by Crippen LogP contribution is -2.63. The topological polar surface area (TPSA) is 93.2 Å². The van der Waals surface area contributed by atoms with E-state index in [1.54, 1.807) is 11.5 Å². The van der Waals surface area contributed by atoms with Gasteiger partial charge in [-0.15, -0.1) is 0 Å². The Balaban J connectivity index is 7.04. The van der Waals surface area contributed by atoms with Gasteiger partial charge in [0.1, 0.15) is 5.04 Å². The average molecular weight is 530 g/mol. The van der Waals surface area contributed by atoms with Crippen LogP contribution in [0, 0.1) is 0 Å². The Hall–Kier alpha value is -1.69. The zero-order valence-corrected chi connectivity index (χ0v) is 26.0. The summed E-state index contributed by atoms with van der Waals surface area (Å²) in [7, 11) is -4.99. The molecule has 0 spiro atoms. The Kier molecular flexibility index (Phi) is 12.9. The zero-order valence-electron chi connectivity index (χ0n) is 24.0. The molecule has 0 aromatic rings. The molecule has 0 fully saturated rings. The fourth-order valence-corrected chi connectivity index (χ4v) is 8.24. The third-order valence-electron chi connectivity index (χ3n) is 7.19. The number of hydrogen-bond acceptors (Lipinski definition) is 6. The number of unbranched alkanes of at least 4 members (excludes halogenated alkanes) is 1. The van der Waals surface area contributed by atoms with E-state index in [-0.39, 0.29) is 32.7 Å². The molecule has 10 heteroatoms. The van der Waals surface area contributed by atoms with Crippen LogP contribution in [0.5, 0.6) is 0 Å². The fourth-order valence-electron chi connectivity index (χ4n) is 3.91. The molecule has 0 N–H and O–H groups in total. The summed E-state index contributed by atoms with van der Waals surface area (Å²) in [6, 6.07) is 0. The highest BCUT2D eigenvalue weighted by Crippen LogP contribution is 2.55. The molecule has 0 bridgehead atoms. The van der Waals surface area contributed by atoms with Crippen LogP contribution in [0.3, 0.4) is 0 Å². The van der Waals surface area contributed by atoms with Gasteiger partial charge in [-0.2, -0.15) is 0 Å². The molecule has 0 aliphatic heterocycles. The summed E-state index contributed by atoms with van der Waals surface area (Å²) in [4.78, 5) is 54.4. The first-order valence-electron chi connectivity index (χ1n) is 12.8. The van der Waals surface area contributed by atoms with Gasteiger partial charge in [0, 0.05) is 13.1 Å². The maximum absolute atomic E-state index is 14.5. The monoisotopic (exact) mass is 529 g/mol. The summed E-state index contributed by atoms with van der Waals surface area (Å²) < 4.78 is 12.5. The minimum atomic E-state index is -2.88. The molecule has 0 saturated heterocycles. The molecule has 203 valence electrons.